The molecule has 0 heterocycles. The van der Waals surface area contributed by atoms with Gasteiger partial charge < -0.3 is 14.2 Å². The van der Waals surface area contributed by atoms with E-state index in [1.807, 2.05) is 84.9 Å². The minimum atomic E-state index is -1.18. The lowest BCUT2D eigenvalue weighted by Gasteiger charge is -2.59. The van der Waals surface area contributed by atoms with Crippen molar-refractivity contribution in [3.05, 3.63) is 142 Å². The number of esters is 2. The van der Waals surface area contributed by atoms with E-state index in [-0.39, 0.29) is 0 Å². The lowest BCUT2D eigenvalue weighted by molar-refractivity contribution is -0.167. The van der Waals surface area contributed by atoms with E-state index in [0.29, 0.717) is 11.1 Å². The molecular formula is C40H42O5. The summed E-state index contributed by atoms with van der Waals surface area (Å²) in [7, 11) is 1.64. The number of aryl methyl sites for hydroxylation is 2. The zero-order valence-electron chi connectivity index (χ0n) is 26.7. The van der Waals surface area contributed by atoms with E-state index in [1.54, 1.807) is 7.11 Å². The zero-order valence-corrected chi connectivity index (χ0v) is 26.7. The molecule has 7 rings (SSSR count). The van der Waals surface area contributed by atoms with Gasteiger partial charge >= 0.3 is 11.9 Å². The van der Waals surface area contributed by atoms with Crippen LogP contribution >= 0.6 is 0 Å². The Hall–Kier alpha value is -4.22. The van der Waals surface area contributed by atoms with Crippen LogP contribution in [0, 0.1) is 0 Å². The molecule has 2 unspecified atom stereocenters. The molecule has 0 saturated heterocycles. The van der Waals surface area contributed by atoms with E-state index >= 15 is 0 Å². The molecule has 4 aromatic carbocycles. The molecule has 2 atom stereocenters. The van der Waals surface area contributed by atoms with Crippen molar-refractivity contribution in [1.82, 2.24) is 0 Å². The molecule has 0 aliphatic heterocycles. The number of fused-ring (bicyclic) bond motifs is 1. The van der Waals surface area contributed by atoms with E-state index in [9.17, 15) is 9.59 Å². The summed E-state index contributed by atoms with van der Waals surface area (Å²) in [6.07, 6.45) is 4.52. The summed E-state index contributed by atoms with van der Waals surface area (Å²) >= 11 is 0. The summed E-state index contributed by atoms with van der Waals surface area (Å²) < 4.78 is 19.4. The average Bonchev–Trinajstić information content (AvgIpc) is 3.08. The Morgan fingerprint density at radius 2 is 1.00 bits per heavy atom. The Kier molecular flexibility index (Phi) is 8.65. The van der Waals surface area contributed by atoms with E-state index in [1.165, 1.54) is 11.1 Å². The van der Waals surface area contributed by atoms with Gasteiger partial charge in [0.1, 0.15) is 0 Å². The van der Waals surface area contributed by atoms with Gasteiger partial charge in [-0.2, -0.15) is 0 Å². The third kappa shape index (κ3) is 5.17. The molecule has 4 aromatic rings. The number of ether oxygens (including phenoxy) is 3. The monoisotopic (exact) mass is 602 g/mol. The van der Waals surface area contributed by atoms with Crippen molar-refractivity contribution in [2.45, 2.75) is 82.5 Å². The van der Waals surface area contributed by atoms with Crippen molar-refractivity contribution in [2.75, 3.05) is 7.11 Å². The summed E-state index contributed by atoms with van der Waals surface area (Å²) in [6.45, 7) is 6.41. The molecule has 0 N–H and O–H groups in total. The molecule has 45 heavy (non-hydrogen) atoms. The second kappa shape index (κ2) is 12.6. The highest BCUT2D eigenvalue weighted by atomic mass is 16.6. The van der Waals surface area contributed by atoms with Crippen LogP contribution in [0.15, 0.2) is 97.1 Å². The number of hydrogen-bond donors (Lipinski definition) is 0. The fourth-order valence-electron chi connectivity index (χ4n) is 7.34. The van der Waals surface area contributed by atoms with E-state index in [4.69, 9.17) is 14.2 Å². The van der Waals surface area contributed by atoms with Crippen LogP contribution in [0.4, 0.5) is 0 Å². The standard InChI is InChI=1S/C40H42O5/c1-5-7-13-27-19-23-29(24-20-27)37(41)44-35-36(45-38(42)30-25-21-28(22-26-30)14-8-6-2)40(43-4)33-17-11-9-15-31(33)39(35,3)32-16-10-12-18-34(32)40/h9-12,15-26,35-36H,5-8,13-14H2,1-4H3. The summed E-state index contributed by atoms with van der Waals surface area (Å²) in [5.41, 5.74) is 5.09. The highest BCUT2D eigenvalue weighted by Crippen LogP contribution is 2.61. The first-order valence-corrected chi connectivity index (χ1v) is 16.2. The van der Waals surface area contributed by atoms with Crippen LogP contribution in [0.2, 0.25) is 0 Å². The third-order valence-electron chi connectivity index (χ3n) is 9.83. The number of methoxy groups -OCH3 is 1. The van der Waals surface area contributed by atoms with E-state index in [0.717, 1.165) is 60.8 Å². The van der Waals surface area contributed by atoms with Crippen molar-refractivity contribution in [3.8, 4) is 0 Å². The van der Waals surface area contributed by atoms with Crippen LogP contribution in [0.25, 0.3) is 0 Å². The molecule has 232 valence electrons. The van der Waals surface area contributed by atoms with E-state index in [2.05, 4.69) is 32.9 Å². The van der Waals surface area contributed by atoms with Crippen molar-refractivity contribution < 1.29 is 23.8 Å². The maximum absolute atomic E-state index is 13.9. The minimum absolute atomic E-state index is 0.447. The van der Waals surface area contributed by atoms with Crippen LogP contribution < -0.4 is 0 Å². The van der Waals surface area contributed by atoms with Crippen molar-refractivity contribution in [2.24, 2.45) is 0 Å². The minimum Gasteiger partial charge on any atom is -0.453 e. The average molecular weight is 603 g/mol. The lowest BCUT2D eigenvalue weighted by Crippen LogP contribution is -2.67. The van der Waals surface area contributed by atoms with Crippen molar-refractivity contribution in [1.29, 1.82) is 0 Å². The van der Waals surface area contributed by atoms with Crippen LogP contribution in [0.3, 0.4) is 0 Å². The van der Waals surface area contributed by atoms with Crippen LogP contribution in [-0.2, 0) is 38.1 Å². The molecule has 0 spiro atoms. The largest absolute Gasteiger partial charge is 0.453 e. The van der Waals surface area contributed by atoms with Gasteiger partial charge in [-0.25, -0.2) is 9.59 Å². The van der Waals surface area contributed by atoms with Gasteiger partial charge in [0.25, 0.3) is 0 Å². The maximum Gasteiger partial charge on any atom is 0.338 e. The molecule has 0 radical (unpaired) electrons. The fourth-order valence-corrected chi connectivity index (χ4v) is 7.34. The maximum atomic E-state index is 13.9. The van der Waals surface area contributed by atoms with Gasteiger partial charge in [-0.3, -0.25) is 0 Å². The molecule has 5 heteroatoms. The van der Waals surface area contributed by atoms with Crippen molar-refractivity contribution >= 4 is 11.9 Å². The number of benzene rings is 4. The first kappa shape index (κ1) is 30.8. The number of rotatable bonds is 11. The zero-order chi connectivity index (χ0) is 31.6. The number of carbonyl (C=O) groups is 2. The van der Waals surface area contributed by atoms with Crippen molar-refractivity contribution in [3.63, 3.8) is 0 Å². The normalized spacial score (nSPS) is 22.8. The predicted octanol–water partition coefficient (Wildman–Crippen LogP) is 8.35. The SMILES string of the molecule is CCCCc1ccc(C(=O)OC2C(OC(=O)c3ccc(CCCC)cc3)C3(OC)c4ccccc4C2(C)c2ccccc23)cc1. The molecule has 5 nitrogen and oxygen atoms in total. The van der Waals surface area contributed by atoms with Crippen LogP contribution in [0.5, 0.6) is 0 Å². The molecule has 2 bridgehead atoms. The quantitative estimate of drug-likeness (QED) is 0.162. The van der Waals surface area contributed by atoms with Gasteiger partial charge in [0, 0.05) is 7.11 Å². The van der Waals surface area contributed by atoms with Gasteiger partial charge in [0.05, 0.1) is 16.5 Å². The second-order valence-electron chi connectivity index (χ2n) is 12.5. The molecular weight excluding hydrogens is 560 g/mol. The molecule has 0 fully saturated rings. The predicted molar refractivity (Wildman–Crippen MR) is 176 cm³/mol. The molecule has 3 aliphatic carbocycles. The summed E-state index contributed by atoms with van der Waals surface area (Å²) in [5.74, 6) is -0.940. The van der Waals surface area contributed by atoms with Gasteiger partial charge in [-0.15, -0.1) is 0 Å². The first-order chi connectivity index (χ1) is 21.9. The first-order valence-electron chi connectivity index (χ1n) is 16.2. The summed E-state index contributed by atoms with van der Waals surface area (Å²) in [4.78, 5) is 27.8. The summed E-state index contributed by atoms with van der Waals surface area (Å²) in [6, 6.07) is 31.4. The highest BCUT2D eigenvalue weighted by molar-refractivity contribution is 5.91. The number of unbranched alkanes of at least 4 members (excludes halogenated alkanes) is 2. The van der Waals surface area contributed by atoms with Gasteiger partial charge in [-0.05, 0) is 90.3 Å². The summed E-state index contributed by atoms with van der Waals surface area (Å²) in [5, 5.41) is 0. The fraction of sp³-hybridized carbons (Fsp3) is 0.350. The Balaban J connectivity index is 1.43. The molecule has 0 aromatic heterocycles. The number of hydrogen-bond acceptors (Lipinski definition) is 5. The Bertz CT molecular complexity index is 1620. The molecule has 3 aliphatic rings. The second-order valence-corrected chi connectivity index (χ2v) is 12.5. The van der Waals surface area contributed by atoms with Gasteiger partial charge in [-0.1, -0.05) is 99.5 Å². The Morgan fingerprint density at radius 1 is 0.600 bits per heavy atom. The third-order valence-corrected chi connectivity index (χ3v) is 9.83. The Labute approximate surface area is 266 Å². The molecule has 0 saturated carbocycles. The van der Waals surface area contributed by atoms with Gasteiger partial charge in [0.2, 0.25) is 0 Å². The van der Waals surface area contributed by atoms with Gasteiger partial charge in [0.15, 0.2) is 17.8 Å². The van der Waals surface area contributed by atoms with E-state index < -0.39 is 35.2 Å². The molecule has 0 amide bonds. The Morgan fingerprint density at radius 3 is 1.40 bits per heavy atom. The van der Waals surface area contributed by atoms with Crippen LogP contribution in [-0.4, -0.2) is 31.3 Å². The highest BCUT2D eigenvalue weighted by Gasteiger charge is 2.68. The lowest BCUT2D eigenvalue weighted by atomic mass is 9.51. The smallest absolute Gasteiger partial charge is 0.338 e. The topological polar surface area (TPSA) is 61.8 Å². The number of carbonyl (C=O) groups excluding carboxylic acids is 2. The van der Waals surface area contributed by atoms with Crippen LogP contribution in [0.1, 0.15) is 101 Å².